The molecule has 1 aromatic carbocycles. The van der Waals surface area contributed by atoms with Crippen molar-refractivity contribution in [2.75, 3.05) is 17.5 Å². The molecule has 0 saturated carbocycles. The number of nitrogens with zero attached hydrogens (tertiary/aromatic N) is 1. The highest BCUT2D eigenvalue weighted by Crippen LogP contribution is 2.27. The summed E-state index contributed by atoms with van der Waals surface area (Å²) in [6.07, 6.45) is 4.68. The van der Waals surface area contributed by atoms with Crippen LogP contribution in [0.2, 0.25) is 0 Å². The quantitative estimate of drug-likeness (QED) is 0.884. The molecular weight excluding hydrogens is 324 g/mol. The summed E-state index contributed by atoms with van der Waals surface area (Å²) >= 11 is 0. The maximum Gasteiger partial charge on any atom is 0.243 e. The number of sulfonamides is 2. The average Bonchev–Trinajstić information content (AvgIpc) is 2.46. The number of nitrogens with one attached hydrogen (secondary N) is 1. The fraction of sp³-hybridized carbons (Fsp3) is 0.571. The number of piperidine rings is 1. The molecule has 6 nitrogen and oxygen atoms in total. The second kappa shape index (κ2) is 6.55. The first-order valence-electron chi connectivity index (χ1n) is 7.34. The molecule has 1 fully saturated rings. The van der Waals surface area contributed by atoms with E-state index in [0.29, 0.717) is 12.2 Å². The van der Waals surface area contributed by atoms with Gasteiger partial charge in [-0.15, -0.1) is 0 Å². The van der Waals surface area contributed by atoms with Crippen LogP contribution in [0.1, 0.15) is 32.6 Å². The first-order chi connectivity index (χ1) is 10.2. The fourth-order valence-electron chi connectivity index (χ4n) is 2.74. The van der Waals surface area contributed by atoms with Gasteiger partial charge in [-0.1, -0.05) is 13.3 Å². The van der Waals surface area contributed by atoms with E-state index < -0.39 is 20.0 Å². The summed E-state index contributed by atoms with van der Waals surface area (Å²) in [7, 11) is -6.90. The highest BCUT2D eigenvalue weighted by Gasteiger charge is 2.32. The van der Waals surface area contributed by atoms with Crippen molar-refractivity contribution in [1.82, 2.24) is 4.31 Å². The molecule has 1 aromatic rings. The molecule has 1 aliphatic heterocycles. The smallest absolute Gasteiger partial charge is 0.243 e. The van der Waals surface area contributed by atoms with E-state index in [1.54, 1.807) is 4.31 Å². The zero-order valence-corrected chi connectivity index (χ0v) is 14.5. The first-order valence-corrected chi connectivity index (χ1v) is 10.7. The molecule has 0 unspecified atom stereocenters. The lowest BCUT2D eigenvalue weighted by molar-refractivity contribution is 0.246. The van der Waals surface area contributed by atoms with E-state index in [9.17, 15) is 16.8 Å². The van der Waals surface area contributed by atoms with E-state index in [1.165, 1.54) is 24.3 Å². The Morgan fingerprint density at radius 1 is 1.14 bits per heavy atom. The normalized spacial score (nSPS) is 20.7. The largest absolute Gasteiger partial charge is 0.284 e. The number of benzene rings is 1. The van der Waals surface area contributed by atoms with Gasteiger partial charge in [0, 0.05) is 18.3 Å². The maximum absolute atomic E-state index is 12.7. The number of hydrogen-bond acceptors (Lipinski definition) is 4. The minimum atomic E-state index is -3.53. The summed E-state index contributed by atoms with van der Waals surface area (Å²) in [6, 6.07) is 5.89. The van der Waals surface area contributed by atoms with Crippen LogP contribution in [0.25, 0.3) is 0 Å². The van der Waals surface area contributed by atoms with Crippen molar-refractivity contribution in [1.29, 1.82) is 0 Å². The topological polar surface area (TPSA) is 83.6 Å². The second-order valence-electron chi connectivity index (χ2n) is 5.57. The van der Waals surface area contributed by atoms with Gasteiger partial charge in [0.1, 0.15) is 0 Å². The molecule has 124 valence electrons. The van der Waals surface area contributed by atoms with E-state index in [0.717, 1.165) is 31.9 Å². The Hall–Kier alpha value is -1.12. The minimum Gasteiger partial charge on any atom is -0.284 e. The Morgan fingerprint density at radius 2 is 1.77 bits per heavy atom. The Balaban J connectivity index is 2.25. The van der Waals surface area contributed by atoms with E-state index in [1.807, 2.05) is 6.92 Å². The van der Waals surface area contributed by atoms with Crippen molar-refractivity contribution in [3.05, 3.63) is 24.3 Å². The summed E-state index contributed by atoms with van der Waals surface area (Å²) in [5.74, 6) is 0. The molecule has 0 aromatic heterocycles. The van der Waals surface area contributed by atoms with E-state index in [4.69, 9.17) is 0 Å². The van der Waals surface area contributed by atoms with E-state index in [2.05, 4.69) is 4.72 Å². The molecule has 1 aliphatic rings. The van der Waals surface area contributed by atoms with Gasteiger partial charge >= 0.3 is 0 Å². The van der Waals surface area contributed by atoms with Crippen LogP contribution in [-0.2, 0) is 20.0 Å². The van der Waals surface area contributed by atoms with E-state index in [-0.39, 0.29) is 10.9 Å². The van der Waals surface area contributed by atoms with Gasteiger partial charge < -0.3 is 0 Å². The third-order valence-electron chi connectivity index (χ3n) is 3.81. The van der Waals surface area contributed by atoms with Crippen LogP contribution < -0.4 is 4.72 Å². The average molecular weight is 346 g/mol. The number of anilines is 1. The van der Waals surface area contributed by atoms with Gasteiger partial charge in [0.2, 0.25) is 20.0 Å². The maximum atomic E-state index is 12.7. The molecule has 0 aliphatic carbocycles. The van der Waals surface area contributed by atoms with Gasteiger partial charge in [-0.05, 0) is 43.5 Å². The summed E-state index contributed by atoms with van der Waals surface area (Å²) in [5.41, 5.74) is 0.354. The molecule has 1 saturated heterocycles. The van der Waals surface area contributed by atoms with Crippen molar-refractivity contribution in [2.24, 2.45) is 0 Å². The summed E-state index contributed by atoms with van der Waals surface area (Å²) < 4.78 is 51.7. The predicted octanol–water partition coefficient (Wildman–Crippen LogP) is 2.01. The van der Waals surface area contributed by atoms with Crippen molar-refractivity contribution >= 4 is 25.7 Å². The SMILES string of the molecule is CC[C@@H]1CCCCN1S(=O)(=O)c1ccc(NS(C)(=O)=O)cc1. The molecule has 22 heavy (non-hydrogen) atoms. The van der Waals surface area contributed by atoms with Crippen molar-refractivity contribution < 1.29 is 16.8 Å². The van der Waals surface area contributed by atoms with Crippen LogP contribution in [0.5, 0.6) is 0 Å². The lowest BCUT2D eigenvalue weighted by Gasteiger charge is -2.34. The van der Waals surface area contributed by atoms with Crippen LogP contribution in [0.15, 0.2) is 29.2 Å². The van der Waals surface area contributed by atoms with Crippen LogP contribution >= 0.6 is 0 Å². The number of hydrogen-bond donors (Lipinski definition) is 1. The third-order valence-corrected chi connectivity index (χ3v) is 6.38. The summed E-state index contributed by atoms with van der Waals surface area (Å²) in [5, 5.41) is 0. The summed E-state index contributed by atoms with van der Waals surface area (Å²) in [4.78, 5) is 0.201. The van der Waals surface area contributed by atoms with Gasteiger partial charge in [-0.2, -0.15) is 4.31 Å². The minimum absolute atomic E-state index is 0.0487. The molecule has 2 rings (SSSR count). The van der Waals surface area contributed by atoms with Crippen LogP contribution in [0.3, 0.4) is 0 Å². The lowest BCUT2D eigenvalue weighted by Crippen LogP contribution is -2.43. The van der Waals surface area contributed by atoms with Crippen molar-refractivity contribution in [3.63, 3.8) is 0 Å². The van der Waals surface area contributed by atoms with Crippen molar-refractivity contribution in [2.45, 2.75) is 43.5 Å². The highest BCUT2D eigenvalue weighted by molar-refractivity contribution is 7.92. The highest BCUT2D eigenvalue weighted by atomic mass is 32.2. The fourth-order valence-corrected chi connectivity index (χ4v) is 5.07. The Labute approximate surface area is 132 Å². The Morgan fingerprint density at radius 3 is 2.32 bits per heavy atom. The Bertz CT molecular complexity index is 712. The summed E-state index contributed by atoms with van der Waals surface area (Å²) in [6.45, 7) is 2.54. The monoisotopic (exact) mass is 346 g/mol. The van der Waals surface area contributed by atoms with Crippen LogP contribution in [0.4, 0.5) is 5.69 Å². The molecule has 1 heterocycles. The van der Waals surface area contributed by atoms with Gasteiger partial charge in [0.05, 0.1) is 11.2 Å². The first kappa shape index (κ1) is 17.2. The zero-order valence-electron chi connectivity index (χ0n) is 12.8. The van der Waals surface area contributed by atoms with E-state index >= 15 is 0 Å². The van der Waals surface area contributed by atoms with Gasteiger partial charge in [0.25, 0.3) is 0 Å². The molecule has 1 N–H and O–H groups in total. The molecule has 0 spiro atoms. The molecule has 0 amide bonds. The third kappa shape index (κ3) is 3.99. The Kier molecular flexibility index (Phi) is 5.14. The molecular formula is C14H22N2O4S2. The molecule has 0 radical (unpaired) electrons. The van der Waals surface area contributed by atoms with Crippen molar-refractivity contribution in [3.8, 4) is 0 Å². The molecule has 1 atom stereocenters. The zero-order chi connectivity index (χ0) is 16.4. The van der Waals surface area contributed by atoms with Gasteiger partial charge in [-0.25, -0.2) is 16.8 Å². The van der Waals surface area contributed by atoms with Gasteiger partial charge in [0.15, 0.2) is 0 Å². The van der Waals surface area contributed by atoms with Gasteiger partial charge in [-0.3, -0.25) is 4.72 Å². The molecule has 0 bridgehead atoms. The predicted molar refractivity (Wildman–Crippen MR) is 86.7 cm³/mol. The molecule has 8 heteroatoms. The standard InChI is InChI=1S/C14H22N2O4S2/c1-3-13-6-4-5-11-16(13)22(19,20)14-9-7-12(8-10-14)15-21(2,17)18/h7-10,13,15H,3-6,11H2,1-2H3/t13-/m1/s1. The van der Waals surface area contributed by atoms with Crippen LogP contribution in [-0.4, -0.2) is 40.0 Å². The lowest BCUT2D eigenvalue weighted by atomic mass is 10.0. The van der Waals surface area contributed by atoms with Crippen LogP contribution in [0, 0.1) is 0 Å². The number of rotatable bonds is 5. The second-order valence-corrected chi connectivity index (χ2v) is 9.21.